The smallest absolute Gasteiger partial charge is 0.388 e. The van der Waals surface area contributed by atoms with Gasteiger partial charge in [0.15, 0.2) is 0 Å². The molecule has 5 nitrogen and oxygen atoms in total. The van der Waals surface area contributed by atoms with Crippen LogP contribution in [0.3, 0.4) is 0 Å². The molecule has 132 valence electrons. The molecule has 4 rings (SSSR count). The normalized spacial score (nSPS) is 11.4. The molecule has 2 aromatic heterocycles. The van der Waals surface area contributed by atoms with Crippen LogP contribution in [-0.2, 0) is 0 Å². The van der Waals surface area contributed by atoms with Crippen molar-refractivity contribution in [1.82, 2.24) is 9.97 Å². The molecular weight excluding hydrogens is 342 g/mol. The standard InChI is InChI=1S/C19H14F2N2O3/c1-10-6-12(16-8-11-14(24-2)4-3-5-15(11)25-16)18-13(7-10)23-17(9-22-18)26-19(20)21/h3-9,19H,1-2H3. The number of fused-ring (bicyclic) bond motifs is 2. The molecule has 0 unspecified atom stereocenters. The Balaban J connectivity index is 1.91. The summed E-state index contributed by atoms with van der Waals surface area (Å²) in [4.78, 5) is 8.37. The minimum absolute atomic E-state index is 0.227. The van der Waals surface area contributed by atoms with Crippen molar-refractivity contribution in [1.29, 1.82) is 0 Å². The van der Waals surface area contributed by atoms with Gasteiger partial charge in [0, 0.05) is 5.56 Å². The second-order valence-electron chi connectivity index (χ2n) is 5.75. The Morgan fingerprint density at radius 2 is 2.00 bits per heavy atom. The first-order chi connectivity index (χ1) is 12.5. The fraction of sp³-hybridized carbons (Fsp3) is 0.158. The summed E-state index contributed by atoms with van der Waals surface area (Å²) in [5, 5.41) is 0.838. The van der Waals surface area contributed by atoms with Crippen LogP contribution in [0.25, 0.3) is 33.3 Å². The zero-order valence-electron chi connectivity index (χ0n) is 14.0. The first-order valence-electron chi connectivity index (χ1n) is 7.84. The van der Waals surface area contributed by atoms with Crippen LogP contribution in [0.2, 0.25) is 0 Å². The Morgan fingerprint density at radius 3 is 2.77 bits per heavy atom. The third kappa shape index (κ3) is 2.81. The van der Waals surface area contributed by atoms with E-state index in [1.165, 1.54) is 6.20 Å². The van der Waals surface area contributed by atoms with E-state index in [1.807, 2.05) is 37.3 Å². The summed E-state index contributed by atoms with van der Waals surface area (Å²) in [7, 11) is 1.60. The van der Waals surface area contributed by atoms with E-state index in [2.05, 4.69) is 14.7 Å². The average molecular weight is 356 g/mol. The van der Waals surface area contributed by atoms with Crippen molar-refractivity contribution in [2.24, 2.45) is 0 Å². The third-order valence-electron chi connectivity index (χ3n) is 3.99. The van der Waals surface area contributed by atoms with E-state index in [0.29, 0.717) is 33.7 Å². The number of hydrogen-bond acceptors (Lipinski definition) is 5. The molecule has 0 aliphatic carbocycles. The summed E-state index contributed by atoms with van der Waals surface area (Å²) >= 11 is 0. The second-order valence-corrected chi connectivity index (χ2v) is 5.75. The van der Waals surface area contributed by atoms with Crippen LogP contribution in [0.4, 0.5) is 8.78 Å². The van der Waals surface area contributed by atoms with Crippen molar-refractivity contribution < 1.29 is 22.7 Å². The highest BCUT2D eigenvalue weighted by molar-refractivity contribution is 5.95. The first-order valence-corrected chi connectivity index (χ1v) is 7.84. The number of aromatic nitrogens is 2. The summed E-state index contributed by atoms with van der Waals surface area (Å²) < 4.78 is 40.5. The van der Waals surface area contributed by atoms with Crippen molar-refractivity contribution in [3.8, 4) is 23.0 Å². The molecule has 0 saturated carbocycles. The molecule has 7 heteroatoms. The Morgan fingerprint density at radius 1 is 1.15 bits per heavy atom. The van der Waals surface area contributed by atoms with Gasteiger partial charge in [-0.25, -0.2) is 9.97 Å². The van der Waals surface area contributed by atoms with E-state index >= 15 is 0 Å². The van der Waals surface area contributed by atoms with Crippen LogP contribution in [0.5, 0.6) is 11.6 Å². The molecule has 0 radical (unpaired) electrons. The lowest BCUT2D eigenvalue weighted by atomic mass is 10.1. The highest BCUT2D eigenvalue weighted by atomic mass is 19.3. The quantitative estimate of drug-likeness (QED) is 0.517. The minimum Gasteiger partial charge on any atom is -0.496 e. The molecule has 0 bridgehead atoms. The number of furan rings is 1. The van der Waals surface area contributed by atoms with Gasteiger partial charge in [0.25, 0.3) is 0 Å². The molecule has 0 aliphatic heterocycles. The molecule has 0 spiro atoms. The molecule has 2 aromatic carbocycles. The second kappa shape index (κ2) is 6.25. The van der Waals surface area contributed by atoms with E-state index < -0.39 is 6.61 Å². The van der Waals surface area contributed by atoms with Crippen molar-refractivity contribution in [3.05, 3.63) is 48.2 Å². The van der Waals surface area contributed by atoms with Crippen molar-refractivity contribution in [2.75, 3.05) is 7.11 Å². The van der Waals surface area contributed by atoms with Crippen LogP contribution in [0.1, 0.15) is 5.56 Å². The number of hydrogen-bond donors (Lipinski definition) is 0. The van der Waals surface area contributed by atoms with Gasteiger partial charge in [0.2, 0.25) is 5.88 Å². The third-order valence-corrected chi connectivity index (χ3v) is 3.99. The Kier molecular flexibility index (Phi) is 3.91. The lowest BCUT2D eigenvalue weighted by molar-refractivity contribution is -0.0528. The van der Waals surface area contributed by atoms with E-state index in [1.54, 1.807) is 13.2 Å². The van der Waals surface area contributed by atoms with Crippen molar-refractivity contribution in [3.63, 3.8) is 0 Å². The largest absolute Gasteiger partial charge is 0.496 e. The zero-order valence-corrected chi connectivity index (χ0v) is 14.0. The van der Waals surface area contributed by atoms with Gasteiger partial charge < -0.3 is 13.9 Å². The Labute approximate surface area is 147 Å². The van der Waals surface area contributed by atoms with Crippen LogP contribution in [0, 0.1) is 6.92 Å². The Bertz CT molecular complexity index is 1110. The maximum Gasteiger partial charge on any atom is 0.388 e. The summed E-state index contributed by atoms with van der Waals surface area (Å²) in [5.41, 5.74) is 3.28. The maximum atomic E-state index is 12.4. The van der Waals surface area contributed by atoms with Crippen LogP contribution in [0.15, 0.2) is 47.0 Å². The van der Waals surface area contributed by atoms with E-state index in [4.69, 9.17) is 9.15 Å². The minimum atomic E-state index is -2.95. The topological polar surface area (TPSA) is 57.4 Å². The highest BCUT2D eigenvalue weighted by Crippen LogP contribution is 2.36. The van der Waals surface area contributed by atoms with E-state index in [0.717, 1.165) is 10.9 Å². The molecule has 0 amide bonds. The molecule has 2 heterocycles. The molecule has 26 heavy (non-hydrogen) atoms. The van der Waals surface area contributed by atoms with Gasteiger partial charge in [-0.05, 0) is 42.8 Å². The lowest BCUT2D eigenvalue weighted by Crippen LogP contribution is -2.04. The molecule has 4 aromatic rings. The van der Waals surface area contributed by atoms with Gasteiger partial charge in [-0.2, -0.15) is 8.78 Å². The number of rotatable bonds is 4. The van der Waals surface area contributed by atoms with Gasteiger partial charge in [0.05, 0.1) is 29.7 Å². The van der Waals surface area contributed by atoms with Gasteiger partial charge in [-0.1, -0.05) is 6.07 Å². The predicted octanol–water partition coefficient (Wildman–Crippen LogP) is 4.96. The van der Waals surface area contributed by atoms with Crippen LogP contribution in [-0.4, -0.2) is 23.7 Å². The van der Waals surface area contributed by atoms with Gasteiger partial charge in [0.1, 0.15) is 17.1 Å². The number of alkyl halides is 2. The molecular formula is C19H14F2N2O3. The summed E-state index contributed by atoms with van der Waals surface area (Å²) in [6.45, 7) is -1.07. The first kappa shape index (κ1) is 16.3. The molecule has 0 atom stereocenters. The number of benzene rings is 2. The molecule has 0 saturated heterocycles. The lowest BCUT2D eigenvalue weighted by Gasteiger charge is -2.07. The fourth-order valence-corrected chi connectivity index (χ4v) is 2.93. The van der Waals surface area contributed by atoms with Gasteiger partial charge in [-0.15, -0.1) is 0 Å². The number of methoxy groups -OCH3 is 1. The van der Waals surface area contributed by atoms with E-state index in [-0.39, 0.29) is 5.88 Å². The summed E-state index contributed by atoms with van der Waals surface area (Å²) in [6, 6.07) is 11.1. The van der Waals surface area contributed by atoms with Crippen LogP contribution >= 0.6 is 0 Å². The maximum absolute atomic E-state index is 12.4. The fourth-order valence-electron chi connectivity index (χ4n) is 2.93. The SMILES string of the molecule is COc1cccc2oc(-c3cc(C)cc4nc(OC(F)F)cnc34)cc12. The van der Waals surface area contributed by atoms with Gasteiger partial charge >= 0.3 is 6.61 Å². The monoisotopic (exact) mass is 356 g/mol. The molecule has 0 aliphatic rings. The van der Waals surface area contributed by atoms with Crippen molar-refractivity contribution >= 4 is 22.0 Å². The zero-order chi connectivity index (χ0) is 18.3. The van der Waals surface area contributed by atoms with Gasteiger partial charge in [-0.3, -0.25) is 0 Å². The predicted molar refractivity (Wildman–Crippen MR) is 92.7 cm³/mol. The molecule has 0 fully saturated rings. The highest BCUT2D eigenvalue weighted by Gasteiger charge is 2.16. The number of nitrogens with zero attached hydrogens (tertiary/aromatic N) is 2. The Hall–Kier alpha value is -3.22. The number of halogens is 2. The summed E-state index contributed by atoms with van der Waals surface area (Å²) in [6.07, 6.45) is 1.18. The average Bonchev–Trinajstić information content (AvgIpc) is 3.04. The van der Waals surface area contributed by atoms with Crippen LogP contribution < -0.4 is 9.47 Å². The summed E-state index contributed by atoms with van der Waals surface area (Å²) in [5.74, 6) is 1.07. The van der Waals surface area contributed by atoms with E-state index in [9.17, 15) is 8.78 Å². The number of aryl methyl sites for hydroxylation is 1. The molecule has 0 N–H and O–H groups in total. The number of ether oxygens (including phenoxy) is 2. The van der Waals surface area contributed by atoms with Crippen molar-refractivity contribution in [2.45, 2.75) is 13.5 Å².